The topological polar surface area (TPSA) is 50.9 Å². The van der Waals surface area contributed by atoms with Crippen LogP contribution < -0.4 is 11.1 Å². The van der Waals surface area contributed by atoms with Crippen molar-refractivity contribution in [3.8, 4) is 0 Å². The van der Waals surface area contributed by atoms with Crippen molar-refractivity contribution in [3.05, 3.63) is 23.9 Å². The standard InChI is InChI=1S/C10H13N3S/c11-9(14)8-2-1-5-12-10(8)13-6-7-3-4-7/h1-2,5,7H,3-4,6H2,(H2,11,14)(H,12,13). The van der Waals surface area contributed by atoms with E-state index in [1.165, 1.54) is 12.8 Å². The summed E-state index contributed by atoms with van der Waals surface area (Å²) in [6, 6.07) is 3.74. The van der Waals surface area contributed by atoms with Crippen LogP contribution in [0.1, 0.15) is 18.4 Å². The van der Waals surface area contributed by atoms with Gasteiger partial charge < -0.3 is 11.1 Å². The van der Waals surface area contributed by atoms with Gasteiger partial charge in [0, 0.05) is 12.7 Å². The Labute approximate surface area is 88.7 Å². The van der Waals surface area contributed by atoms with Gasteiger partial charge in [-0.2, -0.15) is 0 Å². The van der Waals surface area contributed by atoms with Gasteiger partial charge in [-0.05, 0) is 30.9 Å². The molecule has 0 aromatic carbocycles. The lowest BCUT2D eigenvalue weighted by atomic mass is 10.2. The van der Waals surface area contributed by atoms with Gasteiger partial charge in [0.2, 0.25) is 0 Å². The van der Waals surface area contributed by atoms with E-state index in [1.807, 2.05) is 12.1 Å². The number of aromatic nitrogens is 1. The van der Waals surface area contributed by atoms with Crippen LogP contribution in [0, 0.1) is 5.92 Å². The number of rotatable bonds is 4. The third-order valence-electron chi connectivity index (χ3n) is 2.33. The van der Waals surface area contributed by atoms with Gasteiger partial charge in [-0.25, -0.2) is 4.98 Å². The van der Waals surface area contributed by atoms with E-state index in [0.29, 0.717) is 4.99 Å². The number of nitrogens with zero attached hydrogens (tertiary/aromatic N) is 1. The largest absolute Gasteiger partial charge is 0.389 e. The second-order valence-corrected chi connectivity index (χ2v) is 4.03. The first-order chi connectivity index (χ1) is 6.77. The number of nitrogens with two attached hydrogens (primary N) is 1. The summed E-state index contributed by atoms with van der Waals surface area (Å²) in [6.07, 6.45) is 4.39. The summed E-state index contributed by atoms with van der Waals surface area (Å²) >= 11 is 4.94. The van der Waals surface area contributed by atoms with Gasteiger partial charge in [0.25, 0.3) is 0 Å². The highest BCUT2D eigenvalue weighted by Gasteiger charge is 2.21. The molecule has 74 valence electrons. The minimum atomic E-state index is 0.399. The summed E-state index contributed by atoms with van der Waals surface area (Å²) in [4.78, 5) is 4.62. The van der Waals surface area contributed by atoms with Crippen molar-refractivity contribution in [1.29, 1.82) is 0 Å². The number of pyridine rings is 1. The predicted octanol–water partition coefficient (Wildman–Crippen LogP) is 1.54. The fourth-order valence-corrected chi connectivity index (χ4v) is 1.47. The lowest BCUT2D eigenvalue weighted by Gasteiger charge is -2.08. The van der Waals surface area contributed by atoms with E-state index < -0.39 is 0 Å². The van der Waals surface area contributed by atoms with E-state index in [1.54, 1.807) is 6.20 Å². The van der Waals surface area contributed by atoms with Crippen molar-refractivity contribution >= 4 is 23.0 Å². The predicted molar refractivity (Wildman–Crippen MR) is 61.3 cm³/mol. The number of hydrogen-bond donors (Lipinski definition) is 2. The monoisotopic (exact) mass is 207 g/mol. The molecule has 1 aliphatic rings. The minimum absolute atomic E-state index is 0.399. The van der Waals surface area contributed by atoms with E-state index in [4.69, 9.17) is 18.0 Å². The molecule has 0 radical (unpaired) electrons. The average molecular weight is 207 g/mol. The zero-order valence-electron chi connectivity index (χ0n) is 7.86. The molecular formula is C10H13N3S. The Morgan fingerprint density at radius 2 is 2.43 bits per heavy atom. The maximum Gasteiger partial charge on any atom is 0.136 e. The van der Waals surface area contributed by atoms with Crippen molar-refractivity contribution in [1.82, 2.24) is 4.98 Å². The van der Waals surface area contributed by atoms with Crippen molar-refractivity contribution in [2.45, 2.75) is 12.8 Å². The van der Waals surface area contributed by atoms with E-state index in [0.717, 1.165) is 23.8 Å². The maximum atomic E-state index is 5.59. The van der Waals surface area contributed by atoms with Gasteiger partial charge in [0.05, 0.1) is 5.56 Å². The Hall–Kier alpha value is -1.16. The third kappa shape index (κ3) is 2.20. The molecule has 1 fully saturated rings. The van der Waals surface area contributed by atoms with Crippen LogP contribution in [-0.2, 0) is 0 Å². The van der Waals surface area contributed by atoms with Gasteiger partial charge in [-0.3, -0.25) is 0 Å². The molecule has 14 heavy (non-hydrogen) atoms. The van der Waals surface area contributed by atoms with Crippen LogP contribution in [0.5, 0.6) is 0 Å². The molecule has 0 unspecified atom stereocenters. The summed E-state index contributed by atoms with van der Waals surface area (Å²) < 4.78 is 0. The molecule has 0 spiro atoms. The zero-order chi connectivity index (χ0) is 9.97. The molecule has 0 atom stereocenters. The number of nitrogens with one attached hydrogen (secondary N) is 1. The summed E-state index contributed by atoms with van der Waals surface area (Å²) in [5.74, 6) is 1.63. The zero-order valence-corrected chi connectivity index (χ0v) is 8.68. The molecule has 4 heteroatoms. The Bertz CT molecular complexity index is 347. The molecule has 1 aromatic rings. The first-order valence-corrected chi connectivity index (χ1v) is 5.17. The van der Waals surface area contributed by atoms with Gasteiger partial charge in [-0.15, -0.1) is 0 Å². The summed E-state index contributed by atoms with van der Waals surface area (Å²) in [7, 11) is 0. The van der Waals surface area contributed by atoms with Gasteiger partial charge in [0.1, 0.15) is 10.8 Å². The molecule has 1 saturated carbocycles. The smallest absolute Gasteiger partial charge is 0.136 e. The normalized spacial score (nSPS) is 15.1. The molecule has 0 amide bonds. The Balaban J connectivity index is 2.09. The highest BCUT2D eigenvalue weighted by molar-refractivity contribution is 7.80. The molecule has 1 heterocycles. The quantitative estimate of drug-likeness (QED) is 0.735. The number of anilines is 1. The maximum absolute atomic E-state index is 5.59. The summed E-state index contributed by atoms with van der Waals surface area (Å²) in [6.45, 7) is 0.979. The first-order valence-electron chi connectivity index (χ1n) is 4.76. The summed E-state index contributed by atoms with van der Waals surface area (Å²) in [5.41, 5.74) is 6.42. The van der Waals surface area contributed by atoms with Crippen LogP contribution >= 0.6 is 12.2 Å². The summed E-state index contributed by atoms with van der Waals surface area (Å²) in [5, 5.41) is 3.28. The van der Waals surface area contributed by atoms with Crippen LogP contribution in [0.4, 0.5) is 5.82 Å². The minimum Gasteiger partial charge on any atom is -0.389 e. The molecule has 0 bridgehead atoms. The lowest BCUT2D eigenvalue weighted by molar-refractivity contribution is 0.882. The Morgan fingerprint density at radius 1 is 1.64 bits per heavy atom. The van der Waals surface area contributed by atoms with E-state index in [-0.39, 0.29) is 0 Å². The van der Waals surface area contributed by atoms with Gasteiger partial charge >= 0.3 is 0 Å². The lowest BCUT2D eigenvalue weighted by Crippen LogP contribution is -2.15. The second-order valence-electron chi connectivity index (χ2n) is 3.59. The van der Waals surface area contributed by atoms with Crippen molar-refractivity contribution < 1.29 is 0 Å². The first kappa shape index (κ1) is 9.40. The number of thiocarbonyl (C=S) groups is 1. The highest BCUT2D eigenvalue weighted by atomic mass is 32.1. The van der Waals surface area contributed by atoms with Crippen LogP contribution in [0.15, 0.2) is 18.3 Å². The average Bonchev–Trinajstić information content (AvgIpc) is 2.98. The second kappa shape index (κ2) is 3.92. The fourth-order valence-electron chi connectivity index (χ4n) is 1.31. The van der Waals surface area contributed by atoms with Crippen molar-refractivity contribution in [3.63, 3.8) is 0 Å². The van der Waals surface area contributed by atoms with Crippen LogP contribution in [0.2, 0.25) is 0 Å². The third-order valence-corrected chi connectivity index (χ3v) is 2.55. The molecule has 1 aromatic heterocycles. The molecule has 3 nitrogen and oxygen atoms in total. The SMILES string of the molecule is NC(=S)c1cccnc1NCC1CC1. The van der Waals surface area contributed by atoms with E-state index in [9.17, 15) is 0 Å². The van der Waals surface area contributed by atoms with Crippen LogP contribution in [0.3, 0.4) is 0 Å². The molecular weight excluding hydrogens is 194 g/mol. The number of hydrogen-bond acceptors (Lipinski definition) is 3. The Morgan fingerprint density at radius 3 is 3.07 bits per heavy atom. The fraction of sp³-hybridized carbons (Fsp3) is 0.400. The van der Waals surface area contributed by atoms with Crippen LogP contribution in [-0.4, -0.2) is 16.5 Å². The molecule has 0 saturated heterocycles. The van der Waals surface area contributed by atoms with E-state index in [2.05, 4.69) is 10.3 Å². The van der Waals surface area contributed by atoms with Crippen molar-refractivity contribution in [2.75, 3.05) is 11.9 Å². The van der Waals surface area contributed by atoms with Gasteiger partial charge in [-0.1, -0.05) is 12.2 Å². The van der Waals surface area contributed by atoms with Gasteiger partial charge in [0.15, 0.2) is 0 Å². The molecule has 2 rings (SSSR count). The molecule has 0 aliphatic heterocycles. The highest BCUT2D eigenvalue weighted by Crippen LogP contribution is 2.29. The molecule has 1 aliphatic carbocycles. The molecule has 3 N–H and O–H groups in total. The Kier molecular flexibility index (Phi) is 2.63. The van der Waals surface area contributed by atoms with Crippen LogP contribution in [0.25, 0.3) is 0 Å². The van der Waals surface area contributed by atoms with Crippen molar-refractivity contribution in [2.24, 2.45) is 11.7 Å². The van der Waals surface area contributed by atoms with E-state index >= 15 is 0 Å².